The summed E-state index contributed by atoms with van der Waals surface area (Å²) in [6.07, 6.45) is 3.88. The van der Waals surface area contributed by atoms with E-state index in [1.54, 1.807) is 0 Å². The van der Waals surface area contributed by atoms with Gasteiger partial charge >= 0.3 is 0 Å². The number of aromatic nitrogens is 2. The van der Waals surface area contributed by atoms with E-state index >= 15 is 0 Å². The first kappa shape index (κ1) is 13.5. The molecule has 1 aliphatic rings. The molecule has 5 heteroatoms. The summed E-state index contributed by atoms with van der Waals surface area (Å²) in [5.41, 5.74) is 7.37. The van der Waals surface area contributed by atoms with E-state index in [1.165, 1.54) is 0 Å². The summed E-state index contributed by atoms with van der Waals surface area (Å²) in [5.74, 6) is 0.709. The molecule has 3 atom stereocenters. The van der Waals surface area contributed by atoms with Crippen LogP contribution in [0.15, 0.2) is 12.4 Å². The van der Waals surface area contributed by atoms with Gasteiger partial charge in [0.25, 0.3) is 0 Å². The summed E-state index contributed by atoms with van der Waals surface area (Å²) in [6, 6.07) is 0.706. The summed E-state index contributed by atoms with van der Waals surface area (Å²) in [5, 5.41) is 4.18. The van der Waals surface area contributed by atoms with Crippen molar-refractivity contribution in [3.05, 3.63) is 18.0 Å². The molecule has 1 aromatic rings. The maximum Gasteiger partial charge on any atom is 0.0537 e. The Balaban J connectivity index is 1.91. The standard InChI is InChI=1S/C13H25N5/c1-10-6-18(9-13(10)16(2)3)8-12(14)11-5-15-17(4)7-11/h5,7,10,12-13H,6,8-9,14H2,1-4H3. The second-order valence-corrected chi connectivity index (χ2v) is 5.78. The monoisotopic (exact) mass is 251 g/mol. The van der Waals surface area contributed by atoms with E-state index in [0.717, 1.165) is 25.2 Å². The van der Waals surface area contributed by atoms with Crippen LogP contribution in [0.4, 0.5) is 0 Å². The van der Waals surface area contributed by atoms with E-state index in [2.05, 4.69) is 35.9 Å². The summed E-state index contributed by atoms with van der Waals surface area (Å²) in [6.45, 7) is 5.49. The van der Waals surface area contributed by atoms with Gasteiger partial charge in [-0.15, -0.1) is 0 Å². The number of aryl methyl sites for hydroxylation is 1. The van der Waals surface area contributed by atoms with Gasteiger partial charge in [0.15, 0.2) is 0 Å². The Bertz CT molecular complexity index is 386. The van der Waals surface area contributed by atoms with E-state index in [0.29, 0.717) is 12.0 Å². The van der Waals surface area contributed by atoms with Gasteiger partial charge in [0, 0.05) is 50.5 Å². The Kier molecular flexibility index (Phi) is 4.04. The molecule has 2 N–H and O–H groups in total. The normalized spacial score (nSPS) is 27.0. The van der Waals surface area contributed by atoms with Gasteiger partial charge in [-0.2, -0.15) is 5.10 Å². The predicted molar refractivity (Wildman–Crippen MR) is 73.2 cm³/mol. The number of likely N-dealkylation sites (tertiary alicyclic amines) is 1. The Morgan fingerprint density at radius 2 is 2.22 bits per heavy atom. The van der Waals surface area contributed by atoms with E-state index < -0.39 is 0 Å². The van der Waals surface area contributed by atoms with E-state index in [1.807, 2.05) is 24.1 Å². The van der Waals surface area contributed by atoms with Crippen molar-refractivity contribution >= 4 is 0 Å². The molecule has 0 aliphatic carbocycles. The highest BCUT2D eigenvalue weighted by atomic mass is 15.3. The minimum atomic E-state index is 0.0619. The number of likely N-dealkylation sites (N-methyl/N-ethyl adjacent to an activating group) is 1. The van der Waals surface area contributed by atoms with Crippen molar-refractivity contribution in [2.45, 2.75) is 19.0 Å². The minimum Gasteiger partial charge on any atom is -0.323 e. The molecule has 0 aromatic carbocycles. The van der Waals surface area contributed by atoms with Crippen LogP contribution in [0.25, 0.3) is 0 Å². The average molecular weight is 251 g/mol. The second-order valence-electron chi connectivity index (χ2n) is 5.78. The molecule has 0 saturated carbocycles. The average Bonchev–Trinajstić information content (AvgIpc) is 2.85. The number of hydrogen-bond donors (Lipinski definition) is 1. The molecular weight excluding hydrogens is 226 g/mol. The Labute approximate surface area is 110 Å². The summed E-state index contributed by atoms with van der Waals surface area (Å²) in [7, 11) is 6.24. The lowest BCUT2D eigenvalue weighted by Gasteiger charge is -2.23. The summed E-state index contributed by atoms with van der Waals surface area (Å²) in [4.78, 5) is 4.78. The molecule has 102 valence electrons. The van der Waals surface area contributed by atoms with Crippen LogP contribution in [0.5, 0.6) is 0 Å². The van der Waals surface area contributed by atoms with Crippen LogP contribution < -0.4 is 5.73 Å². The second kappa shape index (κ2) is 5.38. The minimum absolute atomic E-state index is 0.0619. The zero-order valence-corrected chi connectivity index (χ0v) is 11.9. The van der Waals surface area contributed by atoms with Gasteiger partial charge in [-0.3, -0.25) is 9.58 Å². The van der Waals surface area contributed by atoms with Crippen molar-refractivity contribution in [3.8, 4) is 0 Å². The van der Waals surface area contributed by atoms with Crippen molar-refractivity contribution in [1.82, 2.24) is 19.6 Å². The highest BCUT2D eigenvalue weighted by molar-refractivity contribution is 5.10. The topological polar surface area (TPSA) is 50.3 Å². The number of nitrogens with two attached hydrogens (primary N) is 1. The van der Waals surface area contributed by atoms with Crippen LogP contribution in [-0.2, 0) is 7.05 Å². The van der Waals surface area contributed by atoms with Gasteiger partial charge in [-0.25, -0.2) is 0 Å². The maximum absolute atomic E-state index is 6.25. The quantitative estimate of drug-likeness (QED) is 0.836. The van der Waals surface area contributed by atoms with Crippen LogP contribution in [0.1, 0.15) is 18.5 Å². The third-order valence-corrected chi connectivity index (χ3v) is 3.92. The maximum atomic E-state index is 6.25. The van der Waals surface area contributed by atoms with Crippen molar-refractivity contribution in [3.63, 3.8) is 0 Å². The molecule has 3 unspecified atom stereocenters. The molecule has 0 radical (unpaired) electrons. The summed E-state index contributed by atoms with van der Waals surface area (Å²) >= 11 is 0. The molecule has 2 heterocycles. The smallest absolute Gasteiger partial charge is 0.0537 e. The molecule has 0 bridgehead atoms. The zero-order chi connectivity index (χ0) is 13.3. The Hall–Kier alpha value is -0.910. The molecule has 1 aromatic heterocycles. The first-order chi connectivity index (χ1) is 8.47. The molecular formula is C13H25N5. The molecule has 0 amide bonds. The van der Waals surface area contributed by atoms with Crippen molar-refractivity contribution in [1.29, 1.82) is 0 Å². The van der Waals surface area contributed by atoms with Crippen molar-refractivity contribution in [2.24, 2.45) is 18.7 Å². The zero-order valence-electron chi connectivity index (χ0n) is 11.9. The lowest BCUT2D eigenvalue weighted by atomic mass is 10.1. The Morgan fingerprint density at radius 3 is 2.72 bits per heavy atom. The fourth-order valence-electron chi connectivity index (χ4n) is 2.88. The lowest BCUT2D eigenvalue weighted by molar-refractivity contribution is 0.248. The third kappa shape index (κ3) is 2.91. The third-order valence-electron chi connectivity index (χ3n) is 3.92. The molecule has 1 fully saturated rings. The van der Waals surface area contributed by atoms with Gasteiger partial charge < -0.3 is 10.6 Å². The predicted octanol–water partition coefficient (Wildman–Crippen LogP) is 0.302. The Morgan fingerprint density at radius 1 is 1.50 bits per heavy atom. The number of rotatable bonds is 4. The van der Waals surface area contributed by atoms with Crippen molar-refractivity contribution < 1.29 is 0 Å². The van der Waals surface area contributed by atoms with Gasteiger partial charge in [-0.1, -0.05) is 6.92 Å². The first-order valence-corrected chi connectivity index (χ1v) is 6.60. The lowest BCUT2D eigenvalue weighted by Crippen LogP contribution is -2.35. The number of hydrogen-bond acceptors (Lipinski definition) is 4. The van der Waals surface area contributed by atoms with Gasteiger partial charge in [0.1, 0.15) is 0 Å². The van der Waals surface area contributed by atoms with Crippen LogP contribution in [0, 0.1) is 5.92 Å². The van der Waals surface area contributed by atoms with Gasteiger partial charge in [-0.05, 0) is 20.0 Å². The molecule has 0 spiro atoms. The fraction of sp³-hybridized carbons (Fsp3) is 0.769. The molecule has 1 saturated heterocycles. The van der Waals surface area contributed by atoms with Crippen LogP contribution in [-0.4, -0.2) is 59.4 Å². The number of nitrogens with zero attached hydrogens (tertiary/aromatic N) is 4. The highest BCUT2D eigenvalue weighted by Gasteiger charge is 2.31. The van der Waals surface area contributed by atoms with Gasteiger partial charge in [0.05, 0.1) is 6.20 Å². The SMILES string of the molecule is CC1CN(CC(N)c2cnn(C)c2)CC1N(C)C. The van der Waals surface area contributed by atoms with Gasteiger partial charge in [0.2, 0.25) is 0 Å². The van der Waals surface area contributed by atoms with Crippen LogP contribution in [0.2, 0.25) is 0 Å². The fourth-order valence-corrected chi connectivity index (χ4v) is 2.88. The summed E-state index contributed by atoms with van der Waals surface area (Å²) < 4.78 is 1.81. The van der Waals surface area contributed by atoms with E-state index in [9.17, 15) is 0 Å². The molecule has 1 aliphatic heterocycles. The first-order valence-electron chi connectivity index (χ1n) is 6.60. The van der Waals surface area contributed by atoms with Crippen LogP contribution in [0.3, 0.4) is 0 Å². The molecule has 18 heavy (non-hydrogen) atoms. The molecule has 5 nitrogen and oxygen atoms in total. The molecule has 2 rings (SSSR count). The van der Waals surface area contributed by atoms with Crippen LogP contribution >= 0.6 is 0 Å². The largest absolute Gasteiger partial charge is 0.323 e. The van der Waals surface area contributed by atoms with E-state index in [-0.39, 0.29) is 6.04 Å². The highest BCUT2D eigenvalue weighted by Crippen LogP contribution is 2.22. The van der Waals surface area contributed by atoms with E-state index in [4.69, 9.17) is 5.73 Å². The van der Waals surface area contributed by atoms with Crippen molar-refractivity contribution in [2.75, 3.05) is 33.7 Å².